The maximum Gasteiger partial charge on any atom is 0.159 e. The molecule has 5 nitrogen and oxygen atoms in total. The van der Waals surface area contributed by atoms with E-state index in [1.54, 1.807) is 0 Å². The summed E-state index contributed by atoms with van der Waals surface area (Å²) in [6.07, 6.45) is 1.76. The molecule has 9 aromatic carbocycles. The first-order chi connectivity index (χ1) is 31.2. The molecule has 0 saturated carbocycles. The molecule has 13 rings (SSSR count). The predicted octanol–water partition coefficient (Wildman–Crippen LogP) is 15.0. The number of nitrogens with one attached hydrogen (secondary N) is 1. The molecular formula is C58H39N5. The summed E-state index contributed by atoms with van der Waals surface area (Å²) in [6.45, 7) is 0. The van der Waals surface area contributed by atoms with Crippen LogP contribution in [0.5, 0.6) is 0 Å². The van der Waals surface area contributed by atoms with E-state index in [0.29, 0.717) is 0 Å². The Morgan fingerprint density at radius 2 is 0.889 bits per heavy atom. The van der Waals surface area contributed by atoms with Gasteiger partial charge in [-0.3, -0.25) is 4.90 Å². The fourth-order valence-electron chi connectivity index (χ4n) is 10.1. The number of anilines is 3. The summed E-state index contributed by atoms with van der Waals surface area (Å²) in [4.78, 5) is 7.35. The Kier molecular flexibility index (Phi) is 7.90. The van der Waals surface area contributed by atoms with E-state index in [0.717, 1.165) is 56.4 Å². The molecule has 4 heterocycles. The fourth-order valence-corrected chi connectivity index (χ4v) is 10.1. The van der Waals surface area contributed by atoms with Crippen LogP contribution in [0.3, 0.4) is 0 Å². The fraction of sp³-hybridized carbons (Fsp3) is 0.0172. The predicted molar refractivity (Wildman–Crippen MR) is 263 cm³/mol. The molecule has 0 spiro atoms. The highest BCUT2D eigenvalue weighted by molar-refractivity contribution is 6.11. The molecule has 1 unspecified atom stereocenters. The van der Waals surface area contributed by atoms with Gasteiger partial charge in [-0.25, -0.2) is 4.98 Å². The molecular weight excluding hydrogens is 767 g/mol. The van der Waals surface area contributed by atoms with Gasteiger partial charge in [0.05, 0.1) is 27.8 Å². The lowest BCUT2D eigenvalue weighted by Crippen LogP contribution is -2.23. The monoisotopic (exact) mass is 805 g/mol. The molecule has 0 radical (unpaired) electrons. The zero-order valence-electron chi connectivity index (χ0n) is 34.2. The van der Waals surface area contributed by atoms with Gasteiger partial charge < -0.3 is 14.5 Å². The number of nitrogens with zero attached hydrogens (tertiary/aromatic N) is 4. The van der Waals surface area contributed by atoms with Crippen LogP contribution in [0.2, 0.25) is 0 Å². The van der Waals surface area contributed by atoms with Crippen molar-refractivity contribution in [3.05, 3.63) is 230 Å². The molecule has 3 aromatic heterocycles. The van der Waals surface area contributed by atoms with Crippen LogP contribution < -0.4 is 10.2 Å². The number of rotatable bonds is 6. The smallest absolute Gasteiger partial charge is 0.159 e. The highest BCUT2D eigenvalue weighted by Crippen LogP contribution is 2.49. The van der Waals surface area contributed by atoms with Crippen LogP contribution in [0.4, 0.5) is 17.2 Å². The molecule has 0 amide bonds. The van der Waals surface area contributed by atoms with Gasteiger partial charge in [0.25, 0.3) is 0 Å². The molecule has 1 atom stereocenters. The van der Waals surface area contributed by atoms with Gasteiger partial charge in [0.1, 0.15) is 6.17 Å². The maximum absolute atomic E-state index is 5.02. The van der Waals surface area contributed by atoms with Crippen molar-refractivity contribution in [2.75, 3.05) is 10.2 Å². The first-order valence-corrected chi connectivity index (χ1v) is 21.6. The lowest BCUT2D eigenvalue weighted by Gasteiger charge is -2.26. The maximum atomic E-state index is 5.02. The minimum atomic E-state index is -0.178. The third-order valence-electron chi connectivity index (χ3n) is 12.9. The topological polar surface area (TPSA) is 38.0 Å². The lowest BCUT2D eigenvalue weighted by molar-refractivity contribution is 0.820. The van der Waals surface area contributed by atoms with Gasteiger partial charge >= 0.3 is 0 Å². The summed E-state index contributed by atoms with van der Waals surface area (Å²) in [6, 6.07) is 79.1. The highest BCUT2D eigenvalue weighted by Gasteiger charge is 2.34. The third kappa shape index (κ3) is 5.60. The molecule has 0 saturated heterocycles. The molecule has 0 bridgehead atoms. The third-order valence-corrected chi connectivity index (χ3v) is 12.9. The number of pyridine rings is 1. The van der Waals surface area contributed by atoms with Crippen molar-refractivity contribution in [2.24, 2.45) is 0 Å². The van der Waals surface area contributed by atoms with Gasteiger partial charge in [-0.05, 0) is 99.8 Å². The molecule has 63 heavy (non-hydrogen) atoms. The Labute approximate surface area is 364 Å². The van der Waals surface area contributed by atoms with Crippen molar-refractivity contribution in [1.29, 1.82) is 0 Å². The van der Waals surface area contributed by atoms with Gasteiger partial charge in [0.2, 0.25) is 0 Å². The summed E-state index contributed by atoms with van der Waals surface area (Å²) in [5.74, 6) is 0.913. The Morgan fingerprint density at radius 3 is 1.48 bits per heavy atom. The van der Waals surface area contributed by atoms with E-state index >= 15 is 0 Å². The van der Waals surface area contributed by atoms with E-state index in [4.69, 9.17) is 4.98 Å². The summed E-state index contributed by atoms with van der Waals surface area (Å²) < 4.78 is 4.86. The van der Waals surface area contributed by atoms with Crippen molar-refractivity contribution in [1.82, 2.24) is 14.1 Å². The van der Waals surface area contributed by atoms with Crippen LogP contribution in [-0.2, 0) is 0 Å². The second-order valence-corrected chi connectivity index (χ2v) is 16.5. The average molecular weight is 806 g/mol. The van der Waals surface area contributed by atoms with Crippen molar-refractivity contribution >= 4 is 71.6 Å². The molecule has 1 N–H and O–H groups in total. The number of fused-ring (bicyclic) bond motifs is 8. The largest absolute Gasteiger partial charge is 0.358 e. The average Bonchev–Trinajstić information content (AvgIpc) is 4.02. The number of hydrogen-bond acceptors (Lipinski definition) is 3. The molecule has 1 aliphatic rings. The quantitative estimate of drug-likeness (QED) is 0.182. The zero-order valence-corrected chi connectivity index (χ0v) is 34.2. The van der Waals surface area contributed by atoms with Crippen molar-refractivity contribution in [2.45, 2.75) is 6.17 Å². The van der Waals surface area contributed by atoms with Crippen LogP contribution >= 0.6 is 0 Å². The first kappa shape index (κ1) is 35.4. The van der Waals surface area contributed by atoms with Crippen molar-refractivity contribution < 1.29 is 0 Å². The van der Waals surface area contributed by atoms with Crippen molar-refractivity contribution in [3.63, 3.8) is 0 Å². The van der Waals surface area contributed by atoms with E-state index in [9.17, 15) is 0 Å². The van der Waals surface area contributed by atoms with E-state index < -0.39 is 0 Å². The molecule has 1 aliphatic heterocycles. The van der Waals surface area contributed by atoms with Crippen LogP contribution in [-0.4, -0.2) is 14.1 Å². The first-order valence-electron chi connectivity index (χ1n) is 21.6. The summed E-state index contributed by atoms with van der Waals surface area (Å²) in [7, 11) is 0. The zero-order chi connectivity index (χ0) is 41.4. The minimum absolute atomic E-state index is 0.178. The molecule has 12 aromatic rings. The van der Waals surface area contributed by atoms with Crippen LogP contribution in [0.1, 0.15) is 11.7 Å². The van der Waals surface area contributed by atoms with E-state index in [-0.39, 0.29) is 6.17 Å². The van der Waals surface area contributed by atoms with Crippen molar-refractivity contribution in [3.8, 4) is 33.6 Å². The normalized spacial score (nSPS) is 13.7. The number of benzene rings is 9. The second-order valence-electron chi connectivity index (χ2n) is 16.5. The number of hydrogen-bond donors (Lipinski definition) is 1. The summed E-state index contributed by atoms with van der Waals surface area (Å²) >= 11 is 0. The standard InChI is InChI=1S/C58H39N5/c1-2-16-44(17-3-1)63-57(60-56-47(32-33-59-58(56)63)42-31-28-38-14-4-5-15-41(38)34-42)40-29-26-39(27-30-40)43-35-45(61-52-22-10-6-18-48(52)49-19-7-11-23-53(49)61)37-46(36-43)62-54-24-12-8-20-50(54)51-21-9-13-25-55(51)62/h1-37,57,60H. The molecule has 5 heteroatoms. The SMILES string of the molecule is c1ccc(N2c3nccc(-c4ccc5ccccc5c4)c3NC2c2ccc(-c3cc(-n4c5ccccc5c5ccccc54)cc(-n4c5ccccc5c5ccccc54)c3)cc2)cc1. The highest BCUT2D eigenvalue weighted by atomic mass is 15.4. The number of aromatic nitrogens is 3. The lowest BCUT2D eigenvalue weighted by atomic mass is 10.0. The van der Waals surface area contributed by atoms with Crippen LogP contribution in [0.25, 0.3) is 88.0 Å². The molecule has 296 valence electrons. The minimum Gasteiger partial charge on any atom is -0.358 e. The van der Waals surface area contributed by atoms with Crippen LogP contribution in [0, 0.1) is 0 Å². The van der Waals surface area contributed by atoms with Gasteiger partial charge in [0.15, 0.2) is 5.82 Å². The Morgan fingerprint density at radius 1 is 0.381 bits per heavy atom. The molecule has 0 aliphatic carbocycles. The number of para-hydroxylation sites is 5. The summed E-state index contributed by atoms with van der Waals surface area (Å²) in [5.41, 5.74) is 14.8. The van der Waals surface area contributed by atoms with Gasteiger partial charge in [-0.2, -0.15) is 0 Å². The van der Waals surface area contributed by atoms with Gasteiger partial charge in [-0.15, -0.1) is 0 Å². The van der Waals surface area contributed by atoms with E-state index in [1.165, 1.54) is 54.4 Å². The summed E-state index contributed by atoms with van der Waals surface area (Å²) in [5, 5.41) is 11.4. The Balaban J connectivity index is 0.968. The second kappa shape index (κ2) is 14.1. The van der Waals surface area contributed by atoms with Crippen LogP contribution in [0.15, 0.2) is 225 Å². The van der Waals surface area contributed by atoms with E-state index in [1.807, 2.05) is 6.20 Å². The Bertz CT molecular complexity index is 3490. The van der Waals surface area contributed by atoms with Gasteiger partial charge in [0, 0.05) is 50.4 Å². The van der Waals surface area contributed by atoms with E-state index in [2.05, 4.69) is 238 Å². The Hall–Kier alpha value is -8.41. The molecule has 0 fully saturated rings. The van der Waals surface area contributed by atoms with Gasteiger partial charge in [-0.1, -0.05) is 152 Å².